The molecule has 2 aromatic carbocycles. The third-order valence-corrected chi connectivity index (χ3v) is 3.00. The SMILES string of the molecule is O=C(/C=C/Nc1cc(F)cc(F)c1)c1ccc(Br)cc1. The molecule has 0 saturated carbocycles. The molecule has 1 N–H and O–H groups in total. The maximum atomic E-state index is 12.9. The Hall–Kier alpha value is -2.01. The Morgan fingerprint density at radius 2 is 1.65 bits per heavy atom. The van der Waals surface area contributed by atoms with Gasteiger partial charge in [-0.3, -0.25) is 4.79 Å². The number of halogens is 3. The summed E-state index contributed by atoms with van der Waals surface area (Å²) in [7, 11) is 0. The minimum Gasteiger partial charge on any atom is -0.361 e. The van der Waals surface area contributed by atoms with Crippen molar-refractivity contribution in [2.24, 2.45) is 0 Å². The number of hydrogen-bond acceptors (Lipinski definition) is 2. The van der Waals surface area contributed by atoms with Crippen LogP contribution in [0.15, 0.2) is 59.2 Å². The molecule has 0 aliphatic rings. The van der Waals surface area contributed by atoms with Crippen molar-refractivity contribution < 1.29 is 13.6 Å². The van der Waals surface area contributed by atoms with E-state index >= 15 is 0 Å². The molecular formula is C15H10BrF2NO. The van der Waals surface area contributed by atoms with Gasteiger partial charge >= 0.3 is 0 Å². The summed E-state index contributed by atoms with van der Waals surface area (Å²) in [4.78, 5) is 11.8. The van der Waals surface area contributed by atoms with Crippen LogP contribution in [0.25, 0.3) is 0 Å². The number of nitrogens with one attached hydrogen (secondary N) is 1. The number of anilines is 1. The van der Waals surface area contributed by atoms with Gasteiger partial charge in [0.15, 0.2) is 5.78 Å². The van der Waals surface area contributed by atoms with Gasteiger partial charge in [-0.15, -0.1) is 0 Å². The monoisotopic (exact) mass is 337 g/mol. The van der Waals surface area contributed by atoms with E-state index in [0.29, 0.717) is 5.56 Å². The van der Waals surface area contributed by atoms with Crippen LogP contribution >= 0.6 is 15.9 Å². The fraction of sp³-hybridized carbons (Fsp3) is 0. The predicted molar refractivity (Wildman–Crippen MR) is 77.6 cm³/mol. The largest absolute Gasteiger partial charge is 0.361 e. The van der Waals surface area contributed by atoms with Crippen molar-refractivity contribution in [3.05, 3.63) is 76.4 Å². The molecule has 0 atom stereocenters. The van der Waals surface area contributed by atoms with E-state index < -0.39 is 11.6 Å². The van der Waals surface area contributed by atoms with Crippen LogP contribution in [0, 0.1) is 11.6 Å². The Kier molecular flexibility index (Phi) is 4.63. The lowest BCUT2D eigenvalue weighted by Crippen LogP contribution is -1.96. The lowest BCUT2D eigenvalue weighted by Gasteiger charge is -2.01. The Morgan fingerprint density at radius 1 is 1.05 bits per heavy atom. The van der Waals surface area contributed by atoms with Gasteiger partial charge in [-0.25, -0.2) is 8.78 Å². The van der Waals surface area contributed by atoms with Crippen LogP contribution in [0.2, 0.25) is 0 Å². The molecule has 0 spiro atoms. The third-order valence-electron chi connectivity index (χ3n) is 2.48. The molecule has 0 unspecified atom stereocenters. The van der Waals surface area contributed by atoms with E-state index in [4.69, 9.17) is 0 Å². The van der Waals surface area contributed by atoms with Gasteiger partial charge in [-0.05, 0) is 36.4 Å². The van der Waals surface area contributed by atoms with Crippen molar-refractivity contribution in [3.63, 3.8) is 0 Å². The zero-order chi connectivity index (χ0) is 14.5. The normalized spacial score (nSPS) is 10.8. The molecule has 2 aromatic rings. The van der Waals surface area contributed by atoms with Gasteiger partial charge < -0.3 is 5.32 Å². The van der Waals surface area contributed by atoms with E-state index in [0.717, 1.165) is 22.7 Å². The molecule has 0 amide bonds. The van der Waals surface area contributed by atoms with E-state index in [1.165, 1.54) is 12.3 Å². The summed E-state index contributed by atoms with van der Waals surface area (Å²) < 4.78 is 26.8. The first-order valence-electron chi connectivity index (χ1n) is 5.74. The summed E-state index contributed by atoms with van der Waals surface area (Å²) in [5, 5.41) is 2.65. The Labute approximate surface area is 123 Å². The van der Waals surface area contributed by atoms with Crippen LogP contribution in [-0.2, 0) is 0 Å². The number of benzene rings is 2. The smallest absolute Gasteiger partial charge is 0.187 e. The quantitative estimate of drug-likeness (QED) is 0.655. The fourth-order valence-corrected chi connectivity index (χ4v) is 1.83. The second-order valence-electron chi connectivity index (χ2n) is 4.01. The Balaban J connectivity index is 2.02. The molecule has 0 aliphatic carbocycles. The zero-order valence-electron chi connectivity index (χ0n) is 10.2. The number of hydrogen-bond donors (Lipinski definition) is 1. The van der Waals surface area contributed by atoms with Crippen LogP contribution in [-0.4, -0.2) is 5.78 Å². The Morgan fingerprint density at radius 3 is 2.25 bits per heavy atom. The van der Waals surface area contributed by atoms with Crippen LogP contribution in [0.1, 0.15) is 10.4 Å². The lowest BCUT2D eigenvalue weighted by atomic mass is 10.1. The van der Waals surface area contributed by atoms with Gasteiger partial charge in [0.25, 0.3) is 0 Å². The van der Waals surface area contributed by atoms with Crippen molar-refractivity contribution in [2.75, 3.05) is 5.32 Å². The predicted octanol–water partition coefficient (Wildman–Crippen LogP) is 4.54. The topological polar surface area (TPSA) is 29.1 Å². The maximum Gasteiger partial charge on any atom is 0.187 e. The van der Waals surface area contributed by atoms with Gasteiger partial charge in [0.1, 0.15) is 11.6 Å². The highest BCUT2D eigenvalue weighted by molar-refractivity contribution is 9.10. The molecule has 5 heteroatoms. The zero-order valence-corrected chi connectivity index (χ0v) is 11.8. The molecular weight excluding hydrogens is 328 g/mol. The van der Waals surface area contributed by atoms with E-state index in [1.54, 1.807) is 24.3 Å². The van der Waals surface area contributed by atoms with Crippen LogP contribution < -0.4 is 5.32 Å². The highest BCUT2D eigenvalue weighted by atomic mass is 79.9. The van der Waals surface area contributed by atoms with E-state index in [-0.39, 0.29) is 11.5 Å². The van der Waals surface area contributed by atoms with Gasteiger partial charge in [0, 0.05) is 34.1 Å². The molecule has 2 nitrogen and oxygen atoms in total. The highest BCUT2D eigenvalue weighted by Crippen LogP contribution is 2.13. The molecule has 102 valence electrons. The molecule has 0 bridgehead atoms. The highest BCUT2D eigenvalue weighted by Gasteiger charge is 2.01. The average Bonchev–Trinajstić information content (AvgIpc) is 2.38. The van der Waals surface area contributed by atoms with E-state index in [2.05, 4.69) is 21.2 Å². The van der Waals surface area contributed by atoms with E-state index in [1.807, 2.05) is 0 Å². The van der Waals surface area contributed by atoms with Crippen LogP contribution in [0.3, 0.4) is 0 Å². The van der Waals surface area contributed by atoms with Crippen molar-refractivity contribution in [2.45, 2.75) is 0 Å². The number of allylic oxidation sites excluding steroid dienone is 1. The summed E-state index contributed by atoms with van der Waals surface area (Å²) >= 11 is 3.28. The van der Waals surface area contributed by atoms with Crippen molar-refractivity contribution in [1.29, 1.82) is 0 Å². The number of carbonyl (C=O) groups is 1. The first-order valence-corrected chi connectivity index (χ1v) is 6.53. The number of carbonyl (C=O) groups excluding carboxylic acids is 1. The first kappa shape index (κ1) is 14.4. The summed E-state index contributed by atoms with van der Waals surface area (Å²) in [5.74, 6) is -1.57. The summed E-state index contributed by atoms with van der Waals surface area (Å²) in [5.41, 5.74) is 0.763. The van der Waals surface area contributed by atoms with E-state index in [9.17, 15) is 13.6 Å². The van der Waals surface area contributed by atoms with Crippen LogP contribution in [0.5, 0.6) is 0 Å². The minimum absolute atomic E-state index is 0.207. The van der Waals surface area contributed by atoms with Crippen molar-refractivity contribution in [1.82, 2.24) is 0 Å². The number of rotatable bonds is 4. The number of ketones is 1. The average molecular weight is 338 g/mol. The van der Waals surface area contributed by atoms with Crippen molar-refractivity contribution >= 4 is 27.4 Å². The molecule has 0 aromatic heterocycles. The molecule has 20 heavy (non-hydrogen) atoms. The standard InChI is InChI=1S/C15H10BrF2NO/c16-11-3-1-10(2-4-11)15(20)5-6-19-14-8-12(17)7-13(18)9-14/h1-9,19H/b6-5+. The summed E-state index contributed by atoms with van der Waals surface area (Å²) in [6.45, 7) is 0. The molecule has 0 fully saturated rings. The lowest BCUT2D eigenvalue weighted by molar-refractivity contribution is 0.104. The Bertz CT molecular complexity index is 633. The second kappa shape index (κ2) is 6.43. The second-order valence-corrected chi connectivity index (χ2v) is 4.92. The fourth-order valence-electron chi connectivity index (χ4n) is 1.56. The summed E-state index contributed by atoms with van der Waals surface area (Å²) in [6, 6.07) is 9.93. The van der Waals surface area contributed by atoms with Crippen LogP contribution in [0.4, 0.5) is 14.5 Å². The molecule has 0 saturated heterocycles. The third kappa shape index (κ3) is 3.99. The minimum atomic E-state index is -0.680. The van der Waals surface area contributed by atoms with Gasteiger partial charge in [0.2, 0.25) is 0 Å². The van der Waals surface area contributed by atoms with Crippen molar-refractivity contribution in [3.8, 4) is 0 Å². The summed E-state index contributed by atoms with van der Waals surface area (Å²) in [6.07, 6.45) is 2.64. The van der Waals surface area contributed by atoms with Gasteiger partial charge in [-0.2, -0.15) is 0 Å². The molecule has 0 heterocycles. The van der Waals surface area contributed by atoms with Gasteiger partial charge in [0.05, 0.1) is 0 Å². The molecule has 0 aliphatic heterocycles. The van der Waals surface area contributed by atoms with Gasteiger partial charge in [-0.1, -0.05) is 15.9 Å². The first-order chi connectivity index (χ1) is 9.54. The maximum absolute atomic E-state index is 12.9. The molecule has 0 radical (unpaired) electrons. The molecule has 2 rings (SSSR count).